The number of nitrogens with zero attached hydrogens (tertiary/aromatic N) is 4. The van der Waals surface area contributed by atoms with Crippen LogP contribution in [0.15, 0.2) is 51.6 Å². The summed E-state index contributed by atoms with van der Waals surface area (Å²) in [5, 5.41) is 2.74. The highest BCUT2D eigenvalue weighted by molar-refractivity contribution is 8.16. The van der Waals surface area contributed by atoms with Gasteiger partial charge >= 0.3 is 5.97 Å². The van der Waals surface area contributed by atoms with Crippen LogP contribution in [-0.2, 0) is 14.3 Å². The molecule has 3 aliphatic rings. The fraction of sp³-hybridized carbons (Fsp3) is 0.480. The maximum atomic E-state index is 13.2. The lowest BCUT2D eigenvalue weighted by Gasteiger charge is -2.37. The van der Waals surface area contributed by atoms with Crippen molar-refractivity contribution in [1.29, 1.82) is 0 Å². The quantitative estimate of drug-likeness (QED) is 0.549. The Hall–Kier alpha value is -2.78. The first kappa shape index (κ1) is 24.3. The summed E-state index contributed by atoms with van der Waals surface area (Å²) in [7, 11) is 1.62. The average Bonchev–Trinajstić information content (AvgIpc) is 3.25. The fourth-order valence-corrected chi connectivity index (χ4v) is 5.51. The lowest BCUT2D eigenvalue weighted by atomic mass is 9.93. The molecule has 8 nitrogen and oxygen atoms in total. The second kappa shape index (κ2) is 10.7. The summed E-state index contributed by atoms with van der Waals surface area (Å²) in [6.07, 6.45) is 0.258. The number of methoxy groups -OCH3 is 1. The number of amides is 1. The van der Waals surface area contributed by atoms with Gasteiger partial charge in [-0.15, -0.1) is 0 Å². The summed E-state index contributed by atoms with van der Waals surface area (Å²) in [4.78, 5) is 37.3. The fourth-order valence-electron chi connectivity index (χ4n) is 4.55. The summed E-state index contributed by atoms with van der Waals surface area (Å²) < 4.78 is 10.9. The Morgan fingerprint density at radius 1 is 1.18 bits per heavy atom. The molecule has 182 valence electrons. The van der Waals surface area contributed by atoms with Gasteiger partial charge < -0.3 is 24.2 Å². The molecule has 3 heterocycles. The number of fused-ring (bicyclic) bond motifs is 1. The molecular weight excluding hydrogens is 452 g/mol. The van der Waals surface area contributed by atoms with E-state index in [1.807, 2.05) is 46.4 Å². The van der Waals surface area contributed by atoms with Crippen LogP contribution in [0.3, 0.4) is 0 Å². The van der Waals surface area contributed by atoms with Gasteiger partial charge in [-0.1, -0.05) is 30.8 Å². The molecule has 0 unspecified atom stereocenters. The molecule has 0 spiro atoms. The summed E-state index contributed by atoms with van der Waals surface area (Å²) >= 11 is 1.48. The number of hydrogen-bond acceptors (Lipinski definition) is 8. The van der Waals surface area contributed by atoms with Gasteiger partial charge in [-0.25, -0.2) is 9.79 Å². The van der Waals surface area contributed by atoms with Crippen molar-refractivity contribution in [3.8, 4) is 5.75 Å². The van der Waals surface area contributed by atoms with E-state index in [1.165, 1.54) is 11.8 Å². The van der Waals surface area contributed by atoms with Crippen LogP contribution in [0, 0.1) is 0 Å². The molecule has 1 aromatic rings. The van der Waals surface area contributed by atoms with Crippen molar-refractivity contribution in [2.75, 3.05) is 46.4 Å². The molecule has 1 amide bonds. The Kier molecular flexibility index (Phi) is 7.63. The van der Waals surface area contributed by atoms with Crippen LogP contribution in [0.2, 0.25) is 0 Å². The molecule has 3 aliphatic heterocycles. The van der Waals surface area contributed by atoms with E-state index in [-0.39, 0.29) is 18.9 Å². The van der Waals surface area contributed by atoms with E-state index in [0.717, 1.165) is 49.2 Å². The van der Waals surface area contributed by atoms with Crippen LogP contribution in [0.1, 0.15) is 38.8 Å². The first-order valence-electron chi connectivity index (χ1n) is 11.7. The Balaban J connectivity index is 1.64. The molecule has 0 radical (unpaired) electrons. The highest BCUT2D eigenvalue weighted by Gasteiger charge is 2.41. The number of aliphatic imine (C=N–C) groups is 1. The molecule has 1 atom stereocenters. The lowest BCUT2D eigenvalue weighted by molar-refractivity contribution is -0.139. The van der Waals surface area contributed by atoms with Gasteiger partial charge in [-0.05, 0) is 43.5 Å². The number of esters is 1. The van der Waals surface area contributed by atoms with E-state index in [0.29, 0.717) is 17.0 Å². The van der Waals surface area contributed by atoms with Gasteiger partial charge in [0.1, 0.15) is 5.75 Å². The van der Waals surface area contributed by atoms with Crippen LogP contribution in [0.25, 0.3) is 0 Å². The van der Waals surface area contributed by atoms with Crippen LogP contribution in [0.5, 0.6) is 5.75 Å². The molecule has 0 bridgehead atoms. The van der Waals surface area contributed by atoms with Gasteiger partial charge in [-0.2, -0.15) is 0 Å². The zero-order valence-electron chi connectivity index (χ0n) is 20.2. The predicted molar refractivity (Wildman–Crippen MR) is 133 cm³/mol. The number of amidine groups is 1. The van der Waals surface area contributed by atoms with E-state index in [2.05, 4.69) is 11.8 Å². The molecule has 1 aromatic carbocycles. The highest BCUT2D eigenvalue weighted by atomic mass is 32.2. The number of rotatable bonds is 7. The van der Waals surface area contributed by atoms with E-state index in [4.69, 9.17) is 14.5 Å². The molecule has 1 fully saturated rings. The van der Waals surface area contributed by atoms with Gasteiger partial charge in [0.05, 0.1) is 37.4 Å². The molecule has 0 aliphatic carbocycles. The van der Waals surface area contributed by atoms with E-state index < -0.39 is 12.0 Å². The number of hydrogen-bond donors (Lipinski definition) is 0. The molecule has 4 rings (SSSR count). The minimum Gasteiger partial charge on any atom is -0.497 e. The SMILES string of the molecule is CCOC(=O)C1=C(C)N=C2SC=C(CC(=O)N3CCN(CC)CC3)N2[C@H]1c1cccc(OC)c1. The number of likely N-dealkylation sites (N-methyl/N-ethyl adjacent to an activating group) is 1. The molecule has 1 saturated heterocycles. The highest BCUT2D eigenvalue weighted by Crippen LogP contribution is 2.45. The van der Waals surface area contributed by atoms with Crippen LogP contribution < -0.4 is 4.74 Å². The third-order valence-corrected chi connectivity index (χ3v) is 7.30. The summed E-state index contributed by atoms with van der Waals surface area (Å²) in [6, 6.07) is 7.22. The van der Waals surface area contributed by atoms with Crippen molar-refractivity contribution in [2.24, 2.45) is 4.99 Å². The first-order valence-corrected chi connectivity index (χ1v) is 12.6. The van der Waals surface area contributed by atoms with Crippen LogP contribution in [0.4, 0.5) is 0 Å². The number of thioether (sulfide) groups is 1. The Morgan fingerprint density at radius 2 is 1.94 bits per heavy atom. The molecular formula is C25H32N4O4S. The second-order valence-electron chi connectivity index (χ2n) is 8.38. The van der Waals surface area contributed by atoms with E-state index in [1.54, 1.807) is 14.0 Å². The minimum absolute atomic E-state index is 0.0946. The third kappa shape index (κ3) is 4.86. The lowest BCUT2D eigenvalue weighted by Crippen LogP contribution is -2.49. The van der Waals surface area contributed by atoms with Gasteiger partial charge in [0.25, 0.3) is 0 Å². The van der Waals surface area contributed by atoms with Crippen LogP contribution >= 0.6 is 11.8 Å². The summed E-state index contributed by atoms with van der Waals surface area (Å²) in [5.41, 5.74) is 2.83. The number of allylic oxidation sites excluding steroid dienone is 1. The number of ether oxygens (including phenoxy) is 2. The smallest absolute Gasteiger partial charge is 0.338 e. The second-order valence-corrected chi connectivity index (χ2v) is 9.22. The van der Waals surface area contributed by atoms with Crippen molar-refractivity contribution >= 4 is 28.8 Å². The number of benzene rings is 1. The van der Waals surface area contributed by atoms with Crippen molar-refractivity contribution in [2.45, 2.75) is 33.2 Å². The predicted octanol–water partition coefficient (Wildman–Crippen LogP) is 3.39. The molecule has 0 aromatic heterocycles. The van der Waals surface area contributed by atoms with Gasteiger partial charge in [0.2, 0.25) is 5.91 Å². The maximum Gasteiger partial charge on any atom is 0.338 e. The van der Waals surface area contributed by atoms with Crippen molar-refractivity contribution in [1.82, 2.24) is 14.7 Å². The largest absolute Gasteiger partial charge is 0.497 e. The van der Waals surface area contributed by atoms with Crippen molar-refractivity contribution in [3.05, 3.63) is 52.2 Å². The zero-order valence-corrected chi connectivity index (χ0v) is 21.1. The Bertz CT molecular complexity index is 1040. The summed E-state index contributed by atoms with van der Waals surface area (Å²) in [6.45, 7) is 10.3. The standard InChI is InChI=1S/C25H32N4O4S/c1-5-27-10-12-28(13-11-27)21(30)15-19-16-34-25-26-17(3)22(24(31)33-6-2)23(29(19)25)18-8-7-9-20(14-18)32-4/h7-9,14,16,23H,5-6,10-13,15H2,1-4H3/t23-/m0/s1. The van der Waals surface area contributed by atoms with Gasteiger partial charge in [-0.3, -0.25) is 4.79 Å². The zero-order chi connectivity index (χ0) is 24.2. The van der Waals surface area contributed by atoms with Gasteiger partial charge in [0, 0.05) is 31.9 Å². The molecule has 0 saturated carbocycles. The Morgan fingerprint density at radius 3 is 2.62 bits per heavy atom. The van der Waals surface area contributed by atoms with E-state index in [9.17, 15) is 9.59 Å². The average molecular weight is 485 g/mol. The number of piperazine rings is 1. The van der Waals surface area contributed by atoms with Gasteiger partial charge in [0.15, 0.2) is 5.17 Å². The normalized spacial score (nSPS) is 20.6. The first-order chi connectivity index (χ1) is 16.5. The minimum atomic E-state index is -0.451. The number of carbonyl (C=O) groups is 2. The monoisotopic (exact) mass is 484 g/mol. The summed E-state index contributed by atoms with van der Waals surface area (Å²) in [5.74, 6) is 0.399. The van der Waals surface area contributed by atoms with Crippen LogP contribution in [-0.4, -0.2) is 78.2 Å². The molecule has 9 heteroatoms. The Labute approximate surface area is 205 Å². The molecule has 34 heavy (non-hydrogen) atoms. The maximum absolute atomic E-state index is 13.2. The third-order valence-electron chi connectivity index (χ3n) is 6.41. The molecule has 0 N–H and O–H groups in total. The topological polar surface area (TPSA) is 74.7 Å². The van der Waals surface area contributed by atoms with E-state index >= 15 is 0 Å². The van der Waals surface area contributed by atoms with Crippen molar-refractivity contribution < 1.29 is 19.1 Å². The number of carbonyl (C=O) groups excluding carboxylic acids is 2. The van der Waals surface area contributed by atoms with Crippen molar-refractivity contribution in [3.63, 3.8) is 0 Å².